The molecule has 3 unspecified atom stereocenters. The predicted molar refractivity (Wildman–Crippen MR) is 85.7 cm³/mol. The molecule has 2 rings (SSSR count). The molecule has 0 amide bonds. The fourth-order valence-corrected chi connectivity index (χ4v) is 4.34. The molecule has 1 aliphatic carbocycles. The number of likely N-dealkylation sites (N-methyl/N-ethyl adjacent to an activating group) is 1. The van der Waals surface area contributed by atoms with Crippen LogP contribution in [-0.2, 0) is 6.42 Å². The average Bonchev–Trinajstić information content (AvgIpc) is 2.81. The van der Waals surface area contributed by atoms with Gasteiger partial charge in [-0.05, 0) is 39.8 Å². The molecular weight excluding hydrogens is 268 g/mol. The van der Waals surface area contributed by atoms with Gasteiger partial charge in [-0.2, -0.15) is 0 Å². The van der Waals surface area contributed by atoms with Crippen molar-refractivity contribution in [2.45, 2.75) is 57.5 Å². The van der Waals surface area contributed by atoms with E-state index in [4.69, 9.17) is 5.84 Å². The van der Waals surface area contributed by atoms with Crippen LogP contribution < -0.4 is 11.3 Å². The third kappa shape index (κ3) is 3.22. The van der Waals surface area contributed by atoms with Crippen LogP contribution >= 0.6 is 11.3 Å². The number of hydrazine groups is 1. The fraction of sp³-hybridized carbons (Fsp3) is 0.800. The standard InChI is InChI=1S/C15H28N4S/c1-11-6-5-7-15(9-11,19(3)4)14(18-16)8-13-10-20-12(2)17-13/h10-11,14,18H,5-9,16H2,1-4H3. The first-order valence-electron chi connectivity index (χ1n) is 7.52. The molecule has 3 atom stereocenters. The highest BCUT2D eigenvalue weighted by molar-refractivity contribution is 7.09. The Morgan fingerprint density at radius 2 is 2.35 bits per heavy atom. The molecule has 0 saturated heterocycles. The minimum Gasteiger partial charge on any atom is -0.302 e. The summed E-state index contributed by atoms with van der Waals surface area (Å²) in [5.74, 6) is 6.69. The van der Waals surface area contributed by atoms with E-state index in [2.05, 4.69) is 48.6 Å². The van der Waals surface area contributed by atoms with Gasteiger partial charge in [-0.3, -0.25) is 11.3 Å². The molecule has 20 heavy (non-hydrogen) atoms. The van der Waals surface area contributed by atoms with Gasteiger partial charge in [-0.1, -0.05) is 19.8 Å². The first kappa shape index (κ1) is 15.9. The number of rotatable bonds is 5. The fourth-order valence-electron chi connectivity index (χ4n) is 3.71. The Morgan fingerprint density at radius 3 is 2.85 bits per heavy atom. The van der Waals surface area contributed by atoms with Crippen molar-refractivity contribution in [3.63, 3.8) is 0 Å². The zero-order valence-corrected chi connectivity index (χ0v) is 14.0. The Morgan fingerprint density at radius 1 is 1.60 bits per heavy atom. The largest absolute Gasteiger partial charge is 0.302 e. The van der Waals surface area contributed by atoms with Gasteiger partial charge in [-0.25, -0.2) is 4.98 Å². The van der Waals surface area contributed by atoms with Gasteiger partial charge in [-0.15, -0.1) is 11.3 Å². The predicted octanol–water partition coefficient (Wildman–Crippen LogP) is 2.34. The van der Waals surface area contributed by atoms with Gasteiger partial charge in [0.05, 0.1) is 10.7 Å². The third-order valence-corrected chi connectivity index (χ3v) is 5.65. The van der Waals surface area contributed by atoms with Crippen LogP contribution in [0.25, 0.3) is 0 Å². The van der Waals surface area contributed by atoms with Crippen molar-refractivity contribution in [3.8, 4) is 0 Å². The molecule has 1 fully saturated rings. The minimum atomic E-state index is 0.143. The van der Waals surface area contributed by atoms with Crippen LogP contribution in [0.3, 0.4) is 0 Å². The number of hydrogen-bond donors (Lipinski definition) is 2. The van der Waals surface area contributed by atoms with Crippen LogP contribution in [0, 0.1) is 12.8 Å². The van der Waals surface area contributed by atoms with E-state index in [-0.39, 0.29) is 11.6 Å². The summed E-state index contributed by atoms with van der Waals surface area (Å²) in [6, 6.07) is 0.252. The monoisotopic (exact) mass is 296 g/mol. The second-order valence-corrected chi connectivity index (χ2v) is 7.54. The van der Waals surface area contributed by atoms with Gasteiger partial charge in [0.1, 0.15) is 0 Å². The summed E-state index contributed by atoms with van der Waals surface area (Å²) in [6.45, 7) is 4.42. The summed E-state index contributed by atoms with van der Waals surface area (Å²) in [7, 11) is 4.38. The van der Waals surface area contributed by atoms with Crippen molar-refractivity contribution < 1.29 is 0 Å². The summed E-state index contributed by atoms with van der Waals surface area (Å²) in [4.78, 5) is 6.99. The molecule has 1 aromatic rings. The zero-order chi connectivity index (χ0) is 14.8. The van der Waals surface area contributed by atoms with E-state index >= 15 is 0 Å². The van der Waals surface area contributed by atoms with Gasteiger partial charge < -0.3 is 4.90 Å². The topological polar surface area (TPSA) is 54.2 Å². The van der Waals surface area contributed by atoms with E-state index in [9.17, 15) is 0 Å². The molecule has 0 aliphatic heterocycles. The lowest BCUT2D eigenvalue weighted by molar-refractivity contribution is 0.0370. The SMILES string of the molecule is Cc1nc(CC(NN)C2(N(C)C)CCCC(C)C2)cs1. The van der Waals surface area contributed by atoms with Crippen molar-refractivity contribution in [3.05, 3.63) is 16.1 Å². The van der Waals surface area contributed by atoms with Crippen molar-refractivity contribution in [2.24, 2.45) is 11.8 Å². The minimum absolute atomic E-state index is 0.143. The number of nitrogens with zero attached hydrogens (tertiary/aromatic N) is 2. The molecule has 114 valence electrons. The molecule has 1 aromatic heterocycles. The molecule has 0 bridgehead atoms. The number of nitrogens with one attached hydrogen (secondary N) is 1. The van der Waals surface area contributed by atoms with E-state index in [0.717, 1.165) is 23.0 Å². The first-order valence-corrected chi connectivity index (χ1v) is 8.40. The zero-order valence-electron chi connectivity index (χ0n) is 13.1. The Labute approximate surface area is 126 Å². The van der Waals surface area contributed by atoms with Gasteiger partial charge in [0.15, 0.2) is 0 Å². The molecule has 3 N–H and O–H groups in total. The van der Waals surface area contributed by atoms with E-state index in [1.807, 2.05) is 0 Å². The van der Waals surface area contributed by atoms with E-state index in [0.29, 0.717) is 0 Å². The number of thiazole rings is 1. The quantitative estimate of drug-likeness (QED) is 0.647. The Balaban J connectivity index is 2.20. The molecular formula is C15H28N4S. The Hall–Kier alpha value is -0.490. The number of hydrogen-bond acceptors (Lipinski definition) is 5. The molecule has 1 heterocycles. The molecule has 4 nitrogen and oxygen atoms in total. The molecule has 0 aromatic carbocycles. The highest BCUT2D eigenvalue weighted by atomic mass is 32.1. The van der Waals surface area contributed by atoms with Crippen molar-refractivity contribution in [1.82, 2.24) is 15.3 Å². The molecule has 1 aliphatic rings. The maximum absolute atomic E-state index is 5.93. The highest BCUT2D eigenvalue weighted by Gasteiger charge is 2.43. The summed E-state index contributed by atoms with van der Waals surface area (Å²) in [6.07, 6.45) is 5.95. The Kier molecular flexibility index (Phi) is 5.18. The van der Waals surface area contributed by atoms with Crippen LogP contribution in [0.1, 0.15) is 43.3 Å². The van der Waals surface area contributed by atoms with Gasteiger partial charge in [0, 0.05) is 23.4 Å². The van der Waals surface area contributed by atoms with Crippen LogP contribution in [0.5, 0.6) is 0 Å². The van der Waals surface area contributed by atoms with Crippen LogP contribution in [0.15, 0.2) is 5.38 Å². The smallest absolute Gasteiger partial charge is 0.0897 e. The van der Waals surface area contributed by atoms with Crippen molar-refractivity contribution >= 4 is 11.3 Å². The van der Waals surface area contributed by atoms with E-state index in [1.54, 1.807) is 11.3 Å². The maximum atomic E-state index is 5.93. The van der Waals surface area contributed by atoms with Gasteiger partial charge in [0.25, 0.3) is 0 Å². The average molecular weight is 296 g/mol. The second-order valence-electron chi connectivity index (χ2n) is 6.48. The molecule has 0 radical (unpaired) electrons. The van der Waals surface area contributed by atoms with E-state index in [1.165, 1.54) is 25.7 Å². The highest BCUT2D eigenvalue weighted by Crippen LogP contribution is 2.39. The number of aromatic nitrogens is 1. The molecule has 0 spiro atoms. The summed E-state index contributed by atoms with van der Waals surface area (Å²) in [5, 5.41) is 3.29. The van der Waals surface area contributed by atoms with Gasteiger partial charge in [0.2, 0.25) is 0 Å². The van der Waals surface area contributed by atoms with Crippen LogP contribution in [0.4, 0.5) is 0 Å². The van der Waals surface area contributed by atoms with Gasteiger partial charge >= 0.3 is 0 Å². The lowest BCUT2D eigenvalue weighted by Gasteiger charge is -2.50. The maximum Gasteiger partial charge on any atom is 0.0897 e. The van der Waals surface area contributed by atoms with E-state index < -0.39 is 0 Å². The third-order valence-electron chi connectivity index (χ3n) is 4.83. The summed E-state index contributed by atoms with van der Waals surface area (Å²) in [5.41, 5.74) is 4.40. The first-order chi connectivity index (χ1) is 9.48. The number of nitrogens with two attached hydrogens (primary N) is 1. The van der Waals surface area contributed by atoms with Crippen molar-refractivity contribution in [2.75, 3.05) is 14.1 Å². The van der Waals surface area contributed by atoms with Crippen LogP contribution in [-0.4, -0.2) is 35.6 Å². The molecule has 1 saturated carbocycles. The molecule has 5 heteroatoms. The lowest BCUT2D eigenvalue weighted by atomic mass is 9.70. The lowest BCUT2D eigenvalue weighted by Crippen LogP contribution is -2.63. The van der Waals surface area contributed by atoms with Crippen molar-refractivity contribution in [1.29, 1.82) is 0 Å². The summed E-state index contributed by atoms with van der Waals surface area (Å²) < 4.78 is 0. The van der Waals surface area contributed by atoms with Crippen LogP contribution in [0.2, 0.25) is 0 Å². The number of aryl methyl sites for hydroxylation is 1. The Bertz CT molecular complexity index is 431. The normalized spacial score (nSPS) is 28.8. The second kappa shape index (κ2) is 6.52. The summed E-state index contributed by atoms with van der Waals surface area (Å²) >= 11 is 1.72.